The van der Waals surface area contributed by atoms with Crippen molar-refractivity contribution in [1.82, 2.24) is 4.98 Å². The number of rotatable bonds is 4. The van der Waals surface area contributed by atoms with Crippen LogP contribution in [0.2, 0.25) is 0 Å². The molecule has 0 aliphatic rings. The Kier molecular flexibility index (Phi) is 4.09. The lowest BCUT2D eigenvalue weighted by molar-refractivity contribution is -0.383. The van der Waals surface area contributed by atoms with E-state index in [1.807, 2.05) is 6.07 Å². The van der Waals surface area contributed by atoms with Crippen LogP contribution in [0.3, 0.4) is 0 Å². The Morgan fingerprint density at radius 3 is 2.86 bits per heavy atom. The van der Waals surface area contributed by atoms with E-state index in [-0.39, 0.29) is 12.3 Å². The van der Waals surface area contributed by atoms with Crippen LogP contribution in [0.1, 0.15) is 18.4 Å². The van der Waals surface area contributed by atoms with Crippen LogP contribution in [0.4, 0.5) is 5.69 Å². The highest BCUT2D eigenvalue weighted by Crippen LogP contribution is 2.32. The summed E-state index contributed by atoms with van der Waals surface area (Å²) in [6, 6.07) is 6.03. The maximum Gasteiger partial charge on any atom is 0.327 e. The average Bonchev–Trinajstić information content (AvgIpc) is 2.48. The van der Waals surface area contributed by atoms with E-state index in [0.29, 0.717) is 16.3 Å². The summed E-state index contributed by atoms with van der Waals surface area (Å²) >= 11 is 0. The Hall–Kier alpha value is -3.01. The number of non-ortho nitro benzene ring substituents is 1. The number of benzene rings is 1. The number of nitrogens with zero attached hydrogens (tertiary/aromatic N) is 3. The molecule has 0 aliphatic heterocycles. The van der Waals surface area contributed by atoms with Gasteiger partial charge in [0.1, 0.15) is 0 Å². The Morgan fingerprint density at radius 1 is 1.48 bits per heavy atom. The van der Waals surface area contributed by atoms with Crippen LogP contribution in [-0.4, -0.2) is 22.5 Å². The predicted octanol–water partition coefficient (Wildman–Crippen LogP) is 2.31. The zero-order valence-electron chi connectivity index (χ0n) is 11.1. The molecule has 0 bridgehead atoms. The summed E-state index contributed by atoms with van der Waals surface area (Å²) in [4.78, 5) is 26.3. The second-order valence-corrected chi connectivity index (χ2v) is 4.17. The van der Waals surface area contributed by atoms with Crippen molar-refractivity contribution in [3.05, 3.63) is 46.3 Å². The number of ether oxygens (including phenoxy) is 1. The molecule has 21 heavy (non-hydrogen) atoms. The molecule has 1 atom stereocenters. The Morgan fingerprint density at radius 2 is 2.24 bits per heavy atom. The lowest BCUT2D eigenvalue weighted by Gasteiger charge is -2.11. The van der Waals surface area contributed by atoms with Gasteiger partial charge < -0.3 is 4.74 Å². The highest BCUT2D eigenvalue weighted by Gasteiger charge is 2.26. The van der Waals surface area contributed by atoms with E-state index < -0.39 is 16.8 Å². The molecule has 2 aromatic rings. The smallest absolute Gasteiger partial charge is 0.327 e. The Balaban J connectivity index is 2.66. The van der Waals surface area contributed by atoms with E-state index in [1.54, 1.807) is 6.92 Å². The van der Waals surface area contributed by atoms with Gasteiger partial charge in [-0.2, -0.15) is 5.26 Å². The minimum Gasteiger partial charge on any atom is -0.465 e. The average molecular weight is 285 g/mol. The maximum atomic E-state index is 11.8. The van der Waals surface area contributed by atoms with Gasteiger partial charge in [0.25, 0.3) is 5.69 Å². The molecule has 0 radical (unpaired) electrons. The topological polar surface area (TPSA) is 106 Å². The summed E-state index contributed by atoms with van der Waals surface area (Å²) in [7, 11) is 0. The molecule has 1 aromatic carbocycles. The molecule has 1 heterocycles. The van der Waals surface area contributed by atoms with Gasteiger partial charge in [0, 0.05) is 23.8 Å². The SMILES string of the molecule is CCOC(=O)C(C#N)c1ccc([N+](=O)[O-])c2ccncc12. The molecular formula is C14H11N3O4. The summed E-state index contributed by atoms with van der Waals surface area (Å²) < 4.78 is 4.86. The van der Waals surface area contributed by atoms with E-state index in [9.17, 15) is 20.2 Å². The lowest BCUT2D eigenvalue weighted by atomic mass is 9.95. The highest BCUT2D eigenvalue weighted by molar-refractivity contribution is 5.96. The molecule has 0 spiro atoms. The summed E-state index contributed by atoms with van der Waals surface area (Å²) in [5, 5.41) is 21.0. The van der Waals surface area contributed by atoms with E-state index in [1.165, 1.54) is 30.6 Å². The molecular weight excluding hydrogens is 274 g/mol. The number of esters is 1. The van der Waals surface area contributed by atoms with Gasteiger partial charge in [-0.15, -0.1) is 0 Å². The fourth-order valence-electron chi connectivity index (χ4n) is 2.08. The van der Waals surface area contributed by atoms with Gasteiger partial charge in [-0.25, -0.2) is 0 Å². The van der Waals surface area contributed by atoms with E-state index in [2.05, 4.69) is 4.98 Å². The Bertz CT molecular complexity index is 751. The molecule has 7 nitrogen and oxygen atoms in total. The minimum absolute atomic E-state index is 0.100. The summed E-state index contributed by atoms with van der Waals surface area (Å²) in [5.74, 6) is -1.82. The van der Waals surface area contributed by atoms with Crippen LogP contribution in [0.15, 0.2) is 30.6 Å². The molecule has 106 valence electrons. The number of fused-ring (bicyclic) bond motifs is 1. The largest absolute Gasteiger partial charge is 0.465 e. The van der Waals surface area contributed by atoms with Crippen molar-refractivity contribution in [1.29, 1.82) is 5.26 Å². The van der Waals surface area contributed by atoms with Crippen LogP contribution in [0.25, 0.3) is 10.8 Å². The molecule has 0 saturated carbocycles. The van der Waals surface area contributed by atoms with Crippen molar-refractivity contribution in [3.63, 3.8) is 0 Å². The molecule has 0 fully saturated rings. The first kappa shape index (κ1) is 14.4. The van der Waals surface area contributed by atoms with Crippen molar-refractivity contribution in [2.45, 2.75) is 12.8 Å². The van der Waals surface area contributed by atoms with Crippen molar-refractivity contribution >= 4 is 22.4 Å². The number of nitriles is 1. The van der Waals surface area contributed by atoms with Crippen molar-refractivity contribution in [3.8, 4) is 6.07 Å². The minimum atomic E-state index is -1.14. The summed E-state index contributed by atoms with van der Waals surface area (Å²) in [6.45, 7) is 1.79. The molecule has 0 saturated heterocycles. The standard InChI is InChI=1S/C14H11N3O4/c1-2-21-14(18)11(7-15)9-3-4-13(17(19)20)10-5-6-16-8-12(9)10/h3-6,8,11H,2H2,1H3. The van der Waals surface area contributed by atoms with Crippen molar-refractivity contribution in [2.24, 2.45) is 0 Å². The van der Waals surface area contributed by atoms with Crippen LogP contribution < -0.4 is 0 Å². The van der Waals surface area contributed by atoms with Crippen molar-refractivity contribution in [2.75, 3.05) is 6.61 Å². The monoisotopic (exact) mass is 285 g/mol. The predicted molar refractivity (Wildman–Crippen MR) is 73.4 cm³/mol. The lowest BCUT2D eigenvalue weighted by Crippen LogP contribution is -2.15. The molecule has 2 rings (SSSR count). The quantitative estimate of drug-likeness (QED) is 0.484. The van der Waals surface area contributed by atoms with Gasteiger partial charge in [-0.3, -0.25) is 19.9 Å². The first-order valence-corrected chi connectivity index (χ1v) is 6.17. The van der Waals surface area contributed by atoms with E-state index in [0.717, 1.165) is 0 Å². The number of pyridine rings is 1. The fourth-order valence-corrected chi connectivity index (χ4v) is 2.08. The first-order chi connectivity index (χ1) is 10.1. The van der Waals surface area contributed by atoms with Gasteiger partial charge in [-0.1, -0.05) is 0 Å². The van der Waals surface area contributed by atoms with Crippen LogP contribution in [0.5, 0.6) is 0 Å². The first-order valence-electron chi connectivity index (χ1n) is 6.17. The highest BCUT2D eigenvalue weighted by atomic mass is 16.6. The van der Waals surface area contributed by atoms with E-state index >= 15 is 0 Å². The normalized spacial score (nSPS) is 11.6. The number of hydrogen-bond acceptors (Lipinski definition) is 6. The van der Waals surface area contributed by atoms with Crippen LogP contribution in [0, 0.1) is 21.4 Å². The van der Waals surface area contributed by atoms with Crippen LogP contribution in [-0.2, 0) is 9.53 Å². The Labute approximate surface area is 119 Å². The third-order valence-electron chi connectivity index (χ3n) is 2.99. The zero-order chi connectivity index (χ0) is 15.4. The third kappa shape index (κ3) is 2.65. The number of hydrogen-bond donors (Lipinski definition) is 0. The zero-order valence-corrected chi connectivity index (χ0v) is 11.1. The number of nitro groups is 1. The number of nitro benzene ring substituents is 1. The molecule has 1 unspecified atom stereocenters. The van der Waals surface area contributed by atoms with Gasteiger partial charge in [0.2, 0.25) is 0 Å². The molecule has 0 amide bonds. The number of carbonyl (C=O) groups is 1. The number of aromatic nitrogens is 1. The fraction of sp³-hybridized carbons (Fsp3) is 0.214. The van der Waals surface area contributed by atoms with E-state index in [4.69, 9.17) is 4.74 Å². The molecule has 0 aliphatic carbocycles. The van der Waals surface area contributed by atoms with Gasteiger partial charge >= 0.3 is 5.97 Å². The van der Waals surface area contributed by atoms with Gasteiger partial charge in [-0.05, 0) is 24.6 Å². The summed E-state index contributed by atoms with van der Waals surface area (Å²) in [5.41, 5.74) is 0.251. The summed E-state index contributed by atoms with van der Waals surface area (Å²) in [6.07, 6.45) is 2.83. The maximum absolute atomic E-state index is 11.8. The van der Waals surface area contributed by atoms with Gasteiger partial charge in [0.15, 0.2) is 5.92 Å². The van der Waals surface area contributed by atoms with Crippen LogP contribution >= 0.6 is 0 Å². The second-order valence-electron chi connectivity index (χ2n) is 4.17. The molecule has 7 heteroatoms. The second kappa shape index (κ2) is 5.96. The molecule has 1 aromatic heterocycles. The third-order valence-corrected chi connectivity index (χ3v) is 2.99. The number of carbonyl (C=O) groups excluding carboxylic acids is 1. The van der Waals surface area contributed by atoms with Crippen molar-refractivity contribution < 1.29 is 14.5 Å². The van der Waals surface area contributed by atoms with Gasteiger partial charge in [0.05, 0.1) is 23.0 Å². The molecule has 0 N–H and O–H groups in total.